The van der Waals surface area contributed by atoms with Crippen LogP contribution in [0.25, 0.3) is 0 Å². The Labute approximate surface area is 158 Å². The van der Waals surface area contributed by atoms with E-state index < -0.39 is 10.0 Å². The van der Waals surface area contributed by atoms with Crippen molar-refractivity contribution < 1.29 is 13.2 Å². The molecule has 0 aliphatic rings. The highest BCUT2D eigenvalue weighted by Gasteiger charge is 2.21. The standard InChI is InChI=1S/C19H24BrNO3S/c1-12(2)17-11-18(13(3)10-19(17)24-5)14(4)21-25(22,23)16-8-6-15(20)7-9-16/h6-12,14,21H,1-5H3. The average Bonchev–Trinajstić information content (AvgIpc) is 2.53. The maximum Gasteiger partial charge on any atom is 0.241 e. The molecular weight excluding hydrogens is 402 g/mol. The lowest BCUT2D eigenvalue weighted by Gasteiger charge is -2.21. The first kappa shape index (κ1) is 19.9. The molecule has 0 saturated heterocycles. The molecule has 0 saturated carbocycles. The maximum atomic E-state index is 12.6. The first-order valence-electron chi connectivity index (χ1n) is 8.12. The van der Waals surface area contributed by atoms with Gasteiger partial charge in [0.2, 0.25) is 10.0 Å². The number of sulfonamides is 1. The minimum atomic E-state index is -3.59. The number of halogens is 1. The van der Waals surface area contributed by atoms with E-state index >= 15 is 0 Å². The average molecular weight is 426 g/mol. The summed E-state index contributed by atoms with van der Waals surface area (Å²) in [5.74, 6) is 1.11. The van der Waals surface area contributed by atoms with Gasteiger partial charge in [-0.3, -0.25) is 0 Å². The van der Waals surface area contributed by atoms with Crippen LogP contribution in [0.4, 0.5) is 0 Å². The van der Waals surface area contributed by atoms with Crippen molar-refractivity contribution in [2.24, 2.45) is 0 Å². The van der Waals surface area contributed by atoms with Crippen LogP contribution in [0.15, 0.2) is 45.8 Å². The quantitative estimate of drug-likeness (QED) is 0.713. The molecular formula is C19H24BrNO3S. The fourth-order valence-corrected chi connectivity index (χ4v) is 4.28. The third-order valence-corrected chi connectivity index (χ3v) is 6.25. The lowest BCUT2D eigenvalue weighted by atomic mass is 9.94. The number of hydrogen-bond donors (Lipinski definition) is 1. The van der Waals surface area contributed by atoms with Crippen molar-refractivity contribution in [1.82, 2.24) is 4.72 Å². The molecule has 0 fully saturated rings. The molecule has 1 unspecified atom stereocenters. The van der Waals surface area contributed by atoms with Crippen LogP contribution in [0.1, 0.15) is 49.4 Å². The minimum absolute atomic E-state index is 0.248. The lowest BCUT2D eigenvalue weighted by molar-refractivity contribution is 0.406. The summed E-state index contributed by atoms with van der Waals surface area (Å²) < 4.78 is 34.3. The van der Waals surface area contributed by atoms with Gasteiger partial charge in [0, 0.05) is 10.5 Å². The molecule has 6 heteroatoms. The molecule has 1 N–H and O–H groups in total. The molecule has 0 bridgehead atoms. The summed E-state index contributed by atoms with van der Waals surface area (Å²) in [6.07, 6.45) is 0. The Bertz CT molecular complexity index is 846. The second-order valence-electron chi connectivity index (χ2n) is 6.40. The monoisotopic (exact) mass is 425 g/mol. The van der Waals surface area contributed by atoms with Gasteiger partial charge in [-0.25, -0.2) is 13.1 Å². The van der Waals surface area contributed by atoms with Gasteiger partial charge in [0.15, 0.2) is 0 Å². The van der Waals surface area contributed by atoms with Gasteiger partial charge in [-0.2, -0.15) is 0 Å². The summed E-state index contributed by atoms with van der Waals surface area (Å²) in [5, 5.41) is 0. The van der Waals surface area contributed by atoms with Gasteiger partial charge >= 0.3 is 0 Å². The zero-order valence-corrected chi connectivity index (χ0v) is 17.5. The zero-order chi connectivity index (χ0) is 18.8. The van der Waals surface area contributed by atoms with Crippen LogP contribution in [-0.2, 0) is 10.0 Å². The van der Waals surface area contributed by atoms with Crippen LogP contribution in [0.5, 0.6) is 5.75 Å². The Kier molecular flexibility index (Phi) is 6.30. The number of nitrogens with one attached hydrogen (secondary N) is 1. The Morgan fingerprint density at radius 3 is 2.16 bits per heavy atom. The summed E-state index contributed by atoms with van der Waals surface area (Å²) in [7, 11) is -1.94. The van der Waals surface area contributed by atoms with E-state index in [4.69, 9.17) is 4.74 Å². The van der Waals surface area contributed by atoms with Crippen molar-refractivity contribution in [2.75, 3.05) is 7.11 Å². The Morgan fingerprint density at radius 1 is 1.04 bits per heavy atom. The first-order valence-corrected chi connectivity index (χ1v) is 10.4. The summed E-state index contributed by atoms with van der Waals surface area (Å²) in [6, 6.07) is 10.3. The van der Waals surface area contributed by atoms with Gasteiger partial charge in [0.05, 0.1) is 12.0 Å². The molecule has 136 valence electrons. The molecule has 2 aromatic carbocycles. The molecule has 0 aliphatic carbocycles. The SMILES string of the molecule is COc1cc(C)c(C(C)NS(=O)(=O)c2ccc(Br)cc2)cc1C(C)C. The van der Waals surface area contributed by atoms with Crippen molar-refractivity contribution in [3.8, 4) is 5.75 Å². The van der Waals surface area contributed by atoms with Gasteiger partial charge in [0.1, 0.15) is 5.75 Å². The van der Waals surface area contributed by atoms with E-state index in [1.165, 1.54) is 0 Å². The highest BCUT2D eigenvalue weighted by molar-refractivity contribution is 9.10. The summed E-state index contributed by atoms with van der Waals surface area (Å²) in [4.78, 5) is 0.248. The Balaban J connectivity index is 2.35. The molecule has 25 heavy (non-hydrogen) atoms. The van der Waals surface area contributed by atoms with Crippen molar-refractivity contribution in [2.45, 2.75) is 44.6 Å². The topological polar surface area (TPSA) is 55.4 Å². The summed E-state index contributed by atoms with van der Waals surface area (Å²) in [6.45, 7) is 8.00. The highest BCUT2D eigenvalue weighted by atomic mass is 79.9. The smallest absolute Gasteiger partial charge is 0.241 e. The van der Waals surface area contributed by atoms with Crippen molar-refractivity contribution in [3.05, 3.63) is 57.6 Å². The van der Waals surface area contributed by atoms with Gasteiger partial charge in [-0.15, -0.1) is 0 Å². The van der Waals surface area contributed by atoms with Crippen LogP contribution in [0.2, 0.25) is 0 Å². The van der Waals surface area contributed by atoms with Crippen LogP contribution in [0.3, 0.4) is 0 Å². The largest absolute Gasteiger partial charge is 0.496 e. The van der Waals surface area contributed by atoms with Crippen LogP contribution in [0, 0.1) is 6.92 Å². The predicted molar refractivity (Wildman–Crippen MR) is 105 cm³/mol. The molecule has 1 atom stereocenters. The molecule has 0 heterocycles. The van der Waals surface area contributed by atoms with Crippen LogP contribution < -0.4 is 9.46 Å². The first-order chi connectivity index (χ1) is 11.7. The number of rotatable bonds is 6. The van der Waals surface area contributed by atoms with Crippen LogP contribution in [-0.4, -0.2) is 15.5 Å². The molecule has 0 aliphatic heterocycles. The minimum Gasteiger partial charge on any atom is -0.496 e. The van der Waals surface area contributed by atoms with E-state index in [0.717, 1.165) is 26.9 Å². The number of methoxy groups -OCH3 is 1. The van der Waals surface area contributed by atoms with Gasteiger partial charge in [0.25, 0.3) is 0 Å². The molecule has 0 aromatic heterocycles. The fourth-order valence-electron chi connectivity index (χ4n) is 2.79. The number of ether oxygens (including phenoxy) is 1. The van der Waals surface area contributed by atoms with E-state index in [1.54, 1.807) is 31.4 Å². The normalized spacial score (nSPS) is 13.1. The highest BCUT2D eigenvalue weighted by Crippen LogP contribution is 2.32. The summed E-state index contributed by atoms with van der Waals surface area (Å²) >= 11 is 3.32. The van der Waals surface area contributed by atoms with Crippen molar-refractivity contribution >= 4 is 26.0 Å². The van der Waals surface area contributed by atoms with E-state index in [2.05, 4.69) is 34.5 Å². The lowest BCUT2D eigenvalue weighted by Crippen LogP contribution is -2.27. The van der Waals surface area contributed by atoms with Crippen LogP contribution >= 0.6 is 15.9 Å². The molecule has 2 aromatic rings. The fraction of sp³-hybridized carbons (Fsp3) is 0.368. The molecule has 0 amide bonds. The predicted octanol–water partition coefficient (Wildman–Crippen LogP) is 4.93. The van der Waals surface area contributed by atoms with Gasteiger partial charge in [-0.05, 0) is 72.9 Å². The Morgan fingerprint density at radius 2 is 1.64 bits per heavy atom. The molecule has 2 rings (SSSR count). The van der Waals surface area contributed by atoms with Crippen molar-refractivity contribution in [1.29, 1.82) is 0 Å². The number of hydrogen-bond acceptors (Lipinski definition) is 3. The Hall–Kier alpha value is -1.37. The van der Waals surface area contributed by atoms with Crippen molar-refractivity contribution in [3.63, 3.8) is 0 Å². The van der Waals surface area contributed by atoms with E-state index in [0.29, 0.717) is 0 Å². The van der Waals surface area contributed by atoms with E-state index in [-0.39, 0.29) is 16.9 Å². The second-order valence-corrected chi connectivity index (χ2v) is 9.03. The van der Waals surface area contributed by atoms with E-state index in [9.17, 15) is 8.42 Å². The van der Waals surface area contributed by atoms with Gasteiger partial charge < -0.3 is 4.74 Å². The zero-order valence-electron chi connectivity index (χ0n) is 15.1. The third kappa shape index (κ3) is 4.63. The van der Waals surface area contributed by atoms with Gasteiger partial charge in [-0.1, -0.05) is 29.8 Å². The maximum absolute atomic E-state index is 12.6. The van der Waals surface area contributed by atoms with E-state index in [1.807, 2.05) is 26.0 Å². The second kappa shape index (κ2) is 7.89. The number of aryl methyl sites for hydroxylation is 1. The number of benzene rings is 2. The molecule has 0 radical (unpaired) electrons. The molecule has 0 spiro atoms. The molecule has 4 nitrogen and oxygen atoms in total. The third-order valence-electron chi connectivity index (χ3n) is 4.16. The summed E-state index contributed by atoms with van der Waals surface area (Å²) in [5.41, 5.74) is 3.01.